The van der Waals surface area contributed by atoms with Gasteiger partial charge < -0.3 is 4.74 Å². The lowest BCUT2D eigenvalue weighted by Crippen LogP contribution is -2.47. The van der Waals surface area contributed by atoms with Crippen molar-refractivity contribution >= 4 is 11.8 Å². The predicted octanol–water partition coefficient (Wildman–Crippen LogP) is 3.74. The van der Waals surface area contributed by atoms with E-state index in [0.717, 1.165) is 18.4 Å². The van der Waals surface area contributed by atoms with Gasteiger partial charge in [0.15, 0.2) is 0 Å². The molecule has 0 saturated carbocycles. The maximum atomic E-state index is 12.6. The van der Waals surface area contributed by atoms with Crippen LogP contribution in [0.3, 0.4) is 0 Å². The largest absolute Gasteiger partial charge is 0.462 e. The molecule has 0 saturated heterocycles. The van der Waals surface area contributed by atoms with Gasteiger partial charge in [-0.25, -0.2) is 0 Å². The number of rotatable bonds is 11. The van der Waals surface area contributed by atoms with E-state index in [-0.39, 0.29) is 12.8 Å². The number of ether oxygens (including phenoxy) is 1. The first kappa shape index (κ1) is 20.8. The highest BCUT2D eigenvalue weighted by atomic mass is 16.6. The Hall–Kier alpha value is -2.24. The van der Waals surface area contributed by atoms with Crippen LogP contribution in [0.5, 0.6) is 0 Å². The summed E-state index contributed by atoms with van der Waals surface area (Å²) in [5, 5.41) is 11.6. The number of esters is 1. The Kier molecular flexibility index (Phi) is 8.25. The van der Waals surface area contributed by atoms with Crippen molar-refractivity contribution in [2.75, 3.05) is 0 Å². The molecule has 6 heteroatoms. The molecule has 0 aromatic heterocycles. The Morgan fingerprint density at radius 1 is 1.28 bits per heavy atom. The zero-order chi connectivity index (χ0) is 18.9. The van der Waals surface area contributed by atoms with Gasteiger partial charge in [-0.1, -0.05) is 50.1 Å². The molecule has 0 unspecified atom stereocenters. The van der Waals surface area contributed by atoms with Crippen molar-refractivity contribution in [2.24, 2.45) is 0 Å². The lowest BCUT2D eigenvalue weighted by atomic mass is 9.86. The number of carbonyl (C=O) groups excluding carboxylic acids is 2. The summed E-state index contributed by atoms with van der Waals surface area (Å²) in [6.45, 7) is 4.60. The van der Waals surface area contributed by atoms with Crippen LogP contribution >= 0.6 is 0 Å². The van der Waals surface area contributed by atoms with Crippen molar-refractivity contribution in [1.29, 1.82) is 0 Å². The van der Waals surface area contributed by atoms with Gasteiger partial charge in [0, 0.05) is 25.2 Å². The standard InChI is InChI=1S/C19H27NO5/c1-4-5-11-17(25-15(2)21)14-19(3,20(23)24)18(22)13-12-16-9-7-6-8-10-16/h6-10,17H,4-5,11-14H2,1-3H3/t17-,19+/m1/s1. The maximum Gasteiger partial charge on any atom is 0.302 e. The molecule has 0 aliphatic carbocycles. The Morgan fingerprint density at radius 2 is 1.92 bits per heavy atom. The molecule has 25 heavy (non-hydrogen) atoms. The molecule has 138 valence electrons. The minimum absolute atomic E-state index is 0.0854. The number of ketones is 1. The summed E-state index contributed by atoms with van der Waals surface area (Å²) in [5.74, 6) is -0.918. The van der Waals surface area contributed by atoms with Crippen molar-refractivity contribution in [3.05, 3.63) is 46.0 Å². The van der Waals surface area contributed by atoms with Gasteiger partial charge in [0.2, 0.25) is 5.78 Å². The molecule has 0 heterocycles. The second-order valence-electron chi connectivity index (χ2n) is 6.52. The van der Waals surface area contributed by atoms with Crippen LogP contribution in [0.1, 0.15) is 58.4 Å². The predicted molar refractivity (Wildman–Crippen MR) is 94.9 cm³/mol. The van der Waals surface area contributed by atoms with Gasteiger partial charge in [-0.2, -0.15) is 0 Å². The smallest absolute Gasteiger partial charge is 0.302 e. The van der Waals surface area contributed by atoms with Crippen LogP contribution < -0.4 is 0 Å². The summed E-state index contributed by atoms with van der Waals surface area (Å²) in [6.07, 6.45) is 2.02. The molecule has 0 bridgehead atoms. The van der Waals surface area contributed by atoms with E-state index in [1.165, 1.54) is 13.8 Å². The molecule has 0 N–H and O–H groups in total. The average Bonchev–Trinajstić information content (AvgIpc) is 2.57. The molecular formula is C19H27NO5. The number of unbranched alkanes of at least 4 members (excludes halogenated alkanes) is 1. The van der Waals surface area contributed by atoms with E-state index in [9.17, 15) is 19.7 Å². The lowest BCUT2D eigenvalue weighted by molar-refractivity contribution is -0.550. The molecule has 1 aromatic rings. The van der Waals surface area contributed by atoms with E-state index in [1.807, 2.05) is 37.3 Å². The summed E-state index contributed by atoms with van der Waals surface area (Å²) < 4.78 is 5.22. The third-order valence-electron chi connectivity index (χ3n) is 4.32. The number of hydrogen-bond acceptors (Lipinski definition) is 5. The summed E-state index contributed by atoms with van der Waals surface area (Å²) >= 11 is 0. The number of benzene rings is 1. The molecule has 1 rings (SSSR count). The molecule has 2 atom stereocenters. The first-order valence-corrected chi connectivity index (χ1v) is 8.68. The molecule has 0 aliphatic rings. The van der Waals surface area contributed by atoms with E-state index in [2.05, 4.69) is 0 Å². The minimum atomic E-state index is -1.75. The highest BCUT2D eigenvalue weighted by Crippen LogP contribution is 2.25. The first-order valence-electron chi connectivity index (χ1n) is 8.68. The fourth-order valence-corrected chi connectivity index (χ4v) is 2.77. The zero-order valence-corrected chi connectivity index (χ0v) is 15.2. The van der Waals surface area contributed by atoms with E-state index < -0.39 is 28.3 Å². The number of carbonyl (C=O) groups is 2. The monoisotopic (exact) mass is 349 g/mol. The SMILES string of the molecule is CCCC[C@H](C[C@@](C)(C(=O)CCc1ccccc1)[N+](=O)[O-])OC(C)=O. The number of nitrogens with zero attached hydrogens (tertiary/aromatic N) is 1. The molecule has 0 aliphatic heterocycles. The Balaban J connectivity index is 2.82. The van der Waals surface area contributed by atoms with Gasteiger partial charge in [-0.3, -0.25) is 19.7 Å². The van der Waals surface area contributed by atoms with Crippen molar-refractivity contribution in [2.45, 2.75) is 70.9 Å². The van der Waals surface area contributed by atoms with Crippen LogP contribution in [-0.2, 0) is 20.7 Å². The Bertz CT molecular complexity index is 587. The topological polar surface area (TPSA) is 86.5 Å². The van der Waals surface area contributed by atoms with Crippen molar-refractivity contribution in [3.63, 3.8) is 0 Å². The van der Waals surface area contributed by atoms with E-state index in [4.69, 9.17) is 4.74 Å². The van der Waals surface area contributed by atoms with E-state index >= 15 is 0 Å². The molecule has 0 radical (unpaired) electrons. The molecular weight excluding hydrogens is 322 g/mol. The summed E-state index contributed by atoms with van der Waals surface area (Å²) in [7, 11) is 0. The van der Waals surface area contributed by atoms with Crippen LogP contribution in [0, 0.1) is 10.1 Å². The van der Waals surface area contributed by atoms with Crippen molar-refractivity contribution in [3.8, 4) is 0 Å². The van der Waals surface area contributed by atoms with Crippen LogP contribution in [0.25, 0.3) is 0 Å². The normalized spacial score (nSPS) is 14.4. The van der Waals surface area contributed by atoms with Gasteiger partial charge in [-0.05, 0) is 18.4 Å². The Morgan fingerprint density at radius 3 is 2.44 bits per heavy atom. The van der Waals surface area contributed by atoms with Crippen molar-refractivity contribution in [1.82, 2.24) is 0 Å². The molecule has 0 fully saturated rings. The van der Waals surface area contributed by atoms with Crippen LogP contribution in [0.2, 0.25) is 0 Å². The quantitative estimate of drug-likeness (QED) is 0.345. The van der Waals surface area contributed by atoms with Gasteiger partial charge in [0.1, 0.15) is 6.10 Å². The number of nitro groups is 1. The van der Waals surface area contributed by atoms with Gasteiger partial charge in [-0.15, -0.1) is 0 Å². The van der Waals surface area contributed by atoms with Gasteiger partial charge in [0.05, 0.1) is 6.42 Å². The van der Waals surface area contributed by atoms with Crippen LogP contribution in [0.4, 0.5) is 0 Å². The molecule has 1 aromatic carbocycles. The lowest BCUT2D eigenvalue weighted by Gasteiger charge is -2.25. The minimum Gasteiger partial charge on any atom is -0.462 e. The highest BCUT2D eigenvalue weighted by Gasteiger charge is 2.47. The first-order chi connectivity index (χ1) is 11.8. The summed E-state index contributed by atoms with van der Waals surface area (Å²) in [4.78, 5) is 34.9. The highest BCUT2D eigenvalue weighted by molar-refractivity contribution is 5.86. The third kappa shape index (κ3) is 6.64. The van der Waals surface area contributed by atoms with E-state index in [0.29, 0.717) is 12.8 Å². The van der Waals surface area contributed by atoms with Crippen LogP contribution in [-0.4, -0.2) is 28.3 Å². The second kappa shape index (κ2) is 9.91. The number of aryl methyl sites for hydroxylation is 1. The fraction of sp³-hybridized carbons (Fsp3) is 0.579. The Labute approximate surface area is 148 Å². The number of Topliss-reactive ketones (excluding diaryl/α,β-unsaturated/α-hetero) is 1. The molecule has 0 amide bonds. The summed E-state index contributed by atoms with van der Waals surface area (Å²) in [5.41, 5.74) is -0.785. The van der Waals surface area contributed by atoms with E-state index in [1.54, 1.807) is 0 Å². The number of hydrogen-bond donors (Lipinski definition) is 0. The maximum absolute atomic E-state index is 12.6. The zero-order valence-electron chi connectivity index (χ0n) is 15.2. The molecule has 0 spiro atoms. The average molecular weight is 349 g/mol. The third-order valence-corrected chi connectivity index (χ3v) is 4.32. The summed E-state index contributed by atoms with van der Waals surface area (Å²) in [6, 6.07) is 9.39. The van der Waals surface area contributed by atoms with Gasteiger partial charge in [0.25, 0.3) is 5.54 Å². The second-order valence-corrected chi connectivity index (χ2v) is 6.52. The molecule has 6 nitrogen and oxygen atoms in total. The fourth-order valence-electron chi connectivity index (χ4n) is 2.77. The van der Waals surface area contributed by atoms with Crippen molar-refractivity contribution < 1.29 is 19.2 Å². The van der Waals surface area contributed by atoms with Gasteiger partial charge >= 0.3 is 5.97 Å². The van der Waals surface area contributed by atoms with Crippen LogP contribution in [0.15, 0.2) is 30.3 Å².